The van der Waals surface area contributed by atoms with Gasteiger partial charge in [-0.2, -0.15) is 13.2 Å². The maximum atomic E-state index is 13.5. The van der Waals surface area contributed by atoms with E-state index in [1.165, 1.54) is 10.6 Å². The normalized spacial score (nSPS) is 19.1. The zero-order chi connectivity index (χ0) is 24.7. The highest BCUT2D eigenvalue weighted by Gasteiger charge is 2.47. The Morgan fingerprint density at radius 1 is 1.09 bits per heavy atom. The molecule has 0 aliphatic carbocycles. The van der Waals surface area contributed by atoms with Gasteiger partial charge < -0.3 is 18.9 Å². The lowest BCUT2D eigenvalue weighted by Gasteiger charge is -2.50. The van der Waals surface area contributed by atoms with Gasteiger partial charge in [0.2, 0.25) is 0 Å². The third-order valence-electron chi connectivity index (χ3n) is 7.33. The van der Waals surface area contributed by atoms with E-state index >= 15 is 0 Å². The van der Waals surface area contributed by atoms with Gasteiger partial charge in [0.25, 0.3) is 5.91 Å². The fourth-order valence-corrected chi connectivity index (χ4v) is 5.12. The molecule has 2 aliphatic rings. The van der Waals surface area contributed by atoms with Crippen molar-refractivity contribution in [2.45, 2.75) is 57.5 Å². The molecule has 0 bridgehead atoms. The topological polar surface area (TPSA) is 46.9 Å². The Morgan fingerprint density at radius 2 is 1.79 bits per heavy atom. The molecule has 0 unspecified atom stereocenters. The number of rotatable bonds is 5. The number of hydrogen-bond acceptors (Lipinski definition) is 4. The molecule has 1 atom stereocenters. The lowest BCUT2D eigenvalue weighted by molar-refractivity contribution is -0.144. The van der Waals surface area contributed by atoms with Crippen molar-refractivity contribution in [3.05, 3.63) is 47.3 Å². The second kappa shape index (κ2) is 9.17. The van der Waals surface area contributed by atoms with Crippen molar-refractivity contribution in [2.24, 2.45) is 0 Å². The maximum absolute atomic E-state index is 13.5. The van der Waals surface area contributed by atoms with Crippen molar-refractivity contribution in [2.75, 3.05) is 33.8 Å². The summed E-state index contributed by atoms with van der Waals surface area (Å²) in [6, 6.07) is 7.97. The molecule has 1 aromatic carbocycles. The van der Waals surface area contributed by atoms with Crippen molar-refractivity contribution < 1.29 is 27.4 Å². The summed E-state index contributed by atoms with van der Waals surface area (Å²) < 4.78 is 53.2. The number of fused-ring (bicyclic) bond motifs is 2. The van der Waals surface area contributed by atoms with Gasteiger partial charge in [-0.1, -0.05) is 6.92 Å². The summed E-state index contributed by atoms with van der Waals surface area (Å²) in [7, 11) is 3.50. The van der Waals surface area contributed by atoms with E-state index in [1.807, 2.05) is 20.9 Å². The number of piperidine rings is 1. The Morgan fingerprint density at radius 3 is 2.41 bits per heavy atom. The van der Waals surface area contributed by atoms with Crippen LogP contribution in [0.25, 0.3) is 0 Å². The lowest BCUT2D eigenvalue weighted by atomic mass is 9.81. The van der Waals surface area contributed by atoms with E-state index in [4.69, 9.17) is 9.47 Å². The van der Waals surface area contributed by atoms with E-state index in [0.717, 1.165) is 6.42 Å². The Kier molecular flexibility index (Phi) is 6.59. The predicted octanol–water partition coefficient (Wildman–Crippen LogP) is 4.77. The number of alkyl halides is 3. The molecule has 1 saturated heterocycles. The first kappa shape index (κ1) is 24.4. The Labute approximate surface area is 198 Å². The number of ether oxygens (including phenoxy) is 2. The molecule has 2 aliphatic heterocycles. The predicted molar refractivity (Wildman–Crippen MR) is 122 cm³/mol. The third-order valence-corrected chi connectivity index (χ3v) is 7.33. The number of carbonyl (C=O) groups is 1. The molecule has 3 heterocycles. The quantitative estimate of drug-likeness (QED) is 0.620. The Bertz CT molecular complexity index is 1040. The second-order valence-electron chi connectivity index (χ2n) is 9.20. The number of halogens is 3. The van der Waals surface area contributed by atoms with E-state index in [9.17, 15) is 18.0 Å². The number of hydrogen-bond donors (Lipinski definition) is 0. The van der Waals surface area contributed by atoms with Crippen molar-refractivity contribution in [3.63, 3.8) is 0 Å². The van der Waals surface area contributed by atoms with E-state index in [0.29, 0.717) is 61.8 Å². The van der Waals surface area contributed by atoms with Crippen LogP contribution in [0.4, 0.5) is 13.2 Å². The summed E-state index contributed by atoms with van der Waals surface area (Å²) in [5.41, 5.74) is 0.0858. The fraction of sp³-hybridized carbons (Fsp3) is 0.560. The zero-order valence-electron chi connectivity index (χ0n) is 20.1. The first-order valence-electron chi connectivity index (χ1n) is 11.7. The van der Waals surface area contributed by atoms with Gasteiger partial charge in [-0.15, -0.1) is 0 Å². The first-order chi connectivity index (χ1) is 16.1. The van der Waals surface area contributed by atoms with Crippen LogP contribution in [0.2, 0.25) is 0 Å². The molecule has 9 heteroatoms. The van der Waals surface area contributed by atoms with Gasteiger partial charge in [-0.25, -0.2) is 0 Å². The van der Waals surface area contributed by atoms with Gasteiger partial charge >= 0.3 is 6.18 Å². The molecule has 1 aromatic heterocycles. The SMILES string of the molecule is CC[C@@H](C)Oc1ccc(C(=O)N2CCC3(CC2)c2ccc(C(F)(F)F)n2CCN3C)cc1OC. The standard InChI is InChI=1S/C25H32F3N3O3/c1-5-17(2)34-19-7-6-18(16-20(19)33-4)23(32)30-12-10-24(11-13-30)21-8-9-22(25(26,27)28)31(21)15-14-29(24)3/h6-9,16-17H,5,10-15H2,1-4H3/t17-/m1/s1. The van der Waals surface area contributed by atoms with Crippen LogP contribution >= 0.6 is 0 Å². The van der Waals surface area contributed by atoms with Crippen LogP contribution in [0.1, 0.15) is 54.9 Å². The molecular weight excluding hydrogens is 447 g/mol. The van der Waals surface area contributed by atoms with Crippen LogP contribution in [-0.2, 0) is 18.3 Å². The van der Waals surface area contributed by atoms with E-state index < -0.39 is 17.4 Å². The first-order valence-corrected chi connectivity index (χ1v) is 11.7. The minimum Gasteiger partial charge on any atom is -0.493 e. The largest absolute Gasteiger partial charge is 0.493 e. The molecule has 0 radical (unpaired) electrons. The average Bonchev–Trinajstić information content (AvgIpc) is 3.27. The third kappa shape index (κ3) is 4.26. The van der Waals surface area contributed by atoms with E-state index in [-0.39, 0.29) is 12.0 Å². The van der Waals surface area contributed by atoms with Crippen LogP contribution in [0.15, 0.2) is 30.3 Å². The summed E-state index contributed by atoms with van der Waals surface area (Å²) in [5, 5.41) is 0. The minimum absolute atomic E-state index is 0.0260. The molecule has 1 fully saturated rings. The lowest BCUT2D eigenvalue weighted by Crippen LogP contribution is -2.56. The van der Waals surface area contributed by atoms with Crippen molar-refractivity contribution in [1.82, 2.24) is 14.4 Å². The highest BCUT2D eigenvalue weighted by Crippen LogP contribution is 2.44. The summed E-state index contributed by atoms with van der Waals surface area (Å²) in [4.78, 5) is 17.2. The number of carbonyl (C=O) groups excluding carboxylic acids is 1. The molecule has 1 amide bonds. The van der Waals surface area contributed by atoms with Crippen molar-refractivity contribution in [3.8, 4) is 11.5 Å². The molecule has 0 N–H and O–H groups in total. The molecule has 34 heavy (non-hydrogen) atoms. The highest BCUT2D eigenvalue weighted by molar-refractivity contribution is 5.95. The summed E-state index contributed by atoms with van der Waals surface area (Å²) in [5.74, 6) is 0.980. The van der Waals surface area contributed by atoms with Gasteiger partial charge in [0.15, 0.2) is 11.5 Å². The van der Waals surface area contributed by atoms with Crippen LogP contribution in [-0.4, -0.2) is 60.2 Å². The number of likely N-dealkylation sites (tertiary alicyclic amines) is 1. The number of likely N-dealkylation sites (N-methyl/N-ethyl adjacent to an activating group) is 1. The molecule has 186 valence electrons. The number of nitrogens with zero attached hydrogens (tertiary/aromatic N) is 3. The number of amides is 1. The van der Waals surface area contributed by atoms with Gasteiger partial charge in [0, 0.05) is 37.4 Å². The van der Waals surface area contributed by atoms with E-state index in [1.54, 1.807) is 36.3 Å². The Balaban J connectivity index is 1.52. The van der Waals surface area contributed by atoms with Crippen LogP contribution in [0, 0.1) is 0 Å². The molecule has 1 spiro atoms. The van der Waals surface area contributed by atoms with Crippen LogP contribution in [0.3, 0.4) is 0 Å². The van der Waals surface area contributed by atoms with Crippen LogP contribution in [0.5, 0.6) is 11.5 Å². The van der Waals surface area contributed by atoms with Gasteiger partial charge in [0.1, 0.15) is 5.69 Å². The zero-order valence-corrected chi connectivity index (χ0v) is 20.1. The molecule has 4 rings (SSSR count). The summed E-state index contributed by atoms with van der Waals surface area (Å²) in [6.45, 7) is 5.77. The summed E-state index contributed by atoms with van der Waals surface area (Å²) in [6.07, 6.45) is -2.36. The monoisotopic (exact) mass is 479 g/mol. The molecule has 0 saturated carbocycles. The van der Waals surface area contributed by atoms with Crippen LogP contribution < -0.4 is 9.47 Å². The summed E-state index contributed by atoms with van der Waals surface area (Å²) >= 11 is 0. The van der Waals surface area contributed by atoms with Crippen molar-refractivity contribution in [1.29, 1.82) is 0 Å². The molecule has 6 nitrogen and oxygen atoms in total. The number of aromatic nitrogens is 1. The number of methoxy groups -OCH3 is 1. The second-order valence-corrected chi connectivity index (χ2v) is 9.20. The highest BCUT2D eigenvalue weighted by atomic mass is 19.4. The van der Waals surface area contributed by atoms with Crippen molar-refractivity contribution >= 4 is 5.91 Å². The maximum Gasteiger partial charge on any atom is 0.431 e. The van der Waals surface area contributed by atoms with Gasteiger partial charge in [-0.3, -0.25) is 9.69 Å². The molecular formula is C25H32F3N3O3. The van der Waals surface area contributed by atoms with Gasteiger partial charge in [-0.05, 0) is 63.6 Å². The van der Waals surface area contributed by atoms with E-state index in [2.05, 4.69) is 4.90 Å². The minimum atomic E-state index is -4.38. The fourth-order valence-electron chi connectivity index (χ4n) is 5.12. The molecule has 2 aromatic rings. The smallest absolute Gasteiger partial charge is 0.431 e. The number of benzene rings is 1. The average molecular weight is 480 g/mol. The Hall–Kier alpha value is -2.68. The van der Waals surface area contributed by atoms with Gasteiger partial charge in [0.05, 0.1) is 18.8 Å².